The average molecular weight is 466 g/mol. The molecule has 2 fully saturated rings. The molecule has 0 radical (unpaired) electrons. The molecular formula is C27H29F2N3O2. The van der Waals surface area contributed by atoms with E-state index in [9.17, 15) is 18.4 Å². The molecule has 2 aliphatic rings. The first-order valence-electron chi connectivity index (χ1n) is 11.9. The van der Waals surface area contributed by atoms with E-state index in [1.165, 1.54) is 24.3 Å². The molecule has 1 saturated carbocycles. The van der Waals surface area contributed by atoms with Gasteiger partial charge in [-0.1, -0.05) is 24.3 Å². The number of hydrogen-bond acceptors (Lipinski definition) is 3. The van der Waals surface area contributed by atoms with Gasteiger partial charge in [0.15, 0.2) is 0 Å². The summed E-state index contributed by atoms with van der Waals surface area (Å²) in [5.74, 6) is -1.13. The summed E-state index contributed by atoms with van der Waals surface area (Å²) in [6, 6.07) is 10.5. The number of aromatic nitrogens is 1. The van der Waals surface area contributed by atoms with Crippen LogP contribution in [0.5, 0.6) is 0 Å². The average Bonchev–Trinajstić information content (AvgIpc) is 3.56. The summed E-state index contributed by atoms with van der Waals surface area (Å²) in [6.07, 6.45) is 3.89. The van der Waals surface area contributed by atoms with Crippen molar-refractivity contribution in [3.8, 4) is 0 Å². The van der Waals surface area contributed by atoms with E-state index in [0.717, 1.165) is 32.2 Å². The second-order valence-electron chi connectivity index (χ2n) is 9.66. The largest absolute Gasteiger partial charge is 0.345 e. The number of rotatable bonds is 6. The number of carbonyl (C=O) groups excluding carboxylic acids is 1. The Balaban J connectivity index is 1.59. The third-order valence-electron chi connectivity index (χ3n) is 7.39. The van der Waals surface area contributed by atoms with E-state index in [4.69, 9.17) is 0 Å². The fourth-order valence-electron chi connectivity index (χ4n) is 5.31. The molecular weight excluding hydrogens is 436 g/mol. The number of carbonyl (C=O) groups is 1. The number of nitrogens with one attached hydrogen (secondary N) is 1. The van der Waals surface area contributed by atoms with Gasteiger partial charge in [0.25, 0.3) is 11.5 Å². The first-order chi connectivity index (χ1) is 16.3. The summed E-state index contributed by atoms with van der Waals surface area (Å²) >= 11 is 0. The van der Waals surface area contributed by atoms with Gasteiger partial charge < -0.3 is 14.8 Å². The highest BCUT2D eigenvalue weighted by Gasteiger charge is 2.35. The normalized spacial score (nSPS) is 19.5. The van der Waals surface area contributed by atoms with Crippen LogP contribution in [-0.4, -0.2) is 35.0 Å². The number of hydrogen-bond donors (Lipinski definition) is 1. The molecule has 178 valence electrons. The number of benzene rings is 2. The summed E-state index contributed by atoms with van der Waals surface area (Å²) in [6.45, 7) is 3.11. The summed E-state index contributed by atoms with van der Waals surface area (Å²) in [7, 11) is 2.02. The van der Waals surface area contributed by atoms with Crippen LogP contribution in [0.2, 0.25) is 0 Å². The lowest BCUT2D eigenvalue weighted by atomic mass is 9.99. The Bertz CT molecular complexity index is 1320. The van der Waals surface area contributed by atoms with Crippen molar-refractivity contribution in [3.63, 3.8) is 0 Å². The summed E-state index contributed by atoms with van der Waals surface area (Å²) in [5.41, 5.74) is 1.13. The Morgan fingerprint density at radius 1 is 1.15 bits per heavy atom. The van der Waals surface area contributed by atoms with Crippen molar-refractivity contribution in [2.45, 2.75) is 51.2 Å². The van der Waals surface area contributed by atoms with Crippen molar-refractivity contribution in [3.05, 3.63) is 81.3 Å². The van der Waals surface area contributed by atoms with Crippen molar-refractivity contribution in [1.29, 1.82) is 0 Å². The number of amides is 1. The topological polar surface area (TPSA) is 54.3 Å². The van der Waals surface area contributed by atoms with Crippen molar-refractivity contribution < 1.29 is 13.6 Å². The van der Waals surface area contributed by atoms with E-state index in [-0.39, 0.29) is 35.1 Å². The van der Waals surface area contributed by atoms with Gasteiger partial charge in [-0.05, 0) is 75.9 Å². The van der Waals surface area contributed by atoms with Crippen LogP contribution in [0.15, 0.2) is 47.3 Å². The van der Waals surface area contributed by atoms with Gasteiger partial charge >= 0.3 is 0 Å². The molecule has 2 unspecified atom stereocenters. The van der Waals surface area contributed by atoms with E-state index in [1.54, 1.807) is 23.6 Å². The number of pyridine rings is 1. The molecule has 2 atom stereocenters. The van der Waals surface area contributed by atoms with Crippen molar-refractivity contribution in [2.75, 3.05) is 13.6 Å². The highest BCUT2D eigenvalue weighted by Crippen LogP contribution is 2.41. The molecule has 2 aromatic carbocycles. The summed E-state index contributed by atoms with van der Waals surface area (Å²) < 4.78 is 30.4. The highest BCUT2D eigenvalue weighted by molar-refractivity contribution is 6.08. The Morgan fingerprint density at radius 2 is 1.91 bits per heavy atom. The summed E-state index contributed by atoms with van der Waals surface area (Å²) in [5, 5.41) is 3.33. The number of likely N-dealkylation sites (N-methyl/N-ethyl adjacent to an activating group) is 1. The van der Waals surface area contributed by atoms with E-state index in [0.29, 0.717) is 28.8 Å². The van der Waals surface area contributed by atoms with Gasteiger partial charge in [-0.25, -0.2) is 8.78 Å². The van der Waals surface area contributed by atoms with Crippen LogP contribution in [0, 0.1) is 24.5 Å². The van der Waals surface area contributed by atoms with E-state index >= 15 is 0 Å². The van der Waals surface area contributed by atoms with Crippen molar-refractivity contribution in [1.82, 2.24) is 14.8 Å². The summed E-state index contributed by atoms with van der Waals surface area (Å²) in [4.78, 5) is 29.3. The Morgan fingerprint density at radius 3 is 2.59 bits per heavy atom. The first kappa shape index (κ1) is 22.7. The fourth-order valence-corrected chi connectivity index (χ4v) is 5.31. The molecule has 1 aliphatic heterocycles. The quantitative estimate of drug-likeness (QED) is 0.581. The predicted octanol–water partition coefficient (Wildman–Crippen LogP) is 4.56. The number of likely N-dealkylation sites (tertiary alicyclic amines) is 1. The lowest BCUT2D eigenvalue weighted by molar-refractivity contribution is 0.0931. The van der Waals surface area contributed by atoms with Gasteiger partial charge in [0.2, 0.25) is 0 Å². The number of fused-ring (bicyclic) bond motifs is 1. The van der Waals surface area contributed by atoms with Gasteiger partial charge in [0, 0.05) is 23.7 Å². The fraction of sp³-hybridized carbons (Fsp3) is 0.407. The molecule has 1 N–H and O–H groups in total. The van der Waals surface area contributed by atoms with Crippen molar-refractivity contribution >= 4 is 16.7 Å². The third-order valence-corrected chi connectivity index (χ3v) is 7.39. The molecule has 5 rings (SSSR count). The molecule has 7 heteroatoms. The molecule has 1 aliphatic carbocycles. The van der Waals surface area contributed by atoms with Crippen LogP contribution < -0.4 is 10.9 Å². The highest BCUT2D eigenvalue weighted by atomic mass is 19.1. The lowest BCUT2D eigenvalue weighted by Crippen LogP contribution is -2.37. The second kappa shape index (κ2) is 8.95. The molecule has 1 amide bonds. The monoisotopic (exact) mass is 465 g/mol. The van der Waals surface area contributed by atoms with Crippen LogP contribution >= 0.6 is 0 Å². The van der Waals surface area contributed by atoms with Gasteiger partial charge in [0.1, 0.15) is 11.6 Å². The van der Waals surface area contributed by atoms with Crippen LogP contribution in [-0.2, 0) is 6.54 Å². The Hall–Kier alpha value is -3.06. The van der Waals surface area contributed by atoms with Crippen LogP contribution in [0.4, 0.5) is 8.78 Å². The first-order valence-corrected chi connectivity index (χ1v) is 11.9. The van der Waals surface area contributed by atoms with Crippen LogP contribution in [0.1, 0.15) is 53.3 Å². The van der Waals surface area contributed by atoms with Crippen LogP contribution in [0.3, 0.4) is 0 Å². The standard InChI is InChI=1S/C27H29F2N3O2/c1-16-23(26(33)30-25(17-11-12-17)18-6-3-7-19(28)14-18)21-9-4-10-22(29)24(21)27(34)32(16)15-20-8-5-13-31(20)2/h3-4,6-7,9-10,14,17,20,25H,5,8,11-13,15H2,1-2H3,(H,30,33). The van der Waals surface area contributed by atoms with E-state index < -0.39 is 11.4 Å². The van der Waals surface area contributed by atoms with Gasteiger partial charge in [0.05, 0.1) is 17.0 Å². The minimum Gasteiger partial charge on any atom is -0.345 e. The van der Waals surface area contributed by atoms with E-state index in [1.807, 2.05) is 13.1 Å². The zero-order valence-corrected chi connectivity index (χ0v) is 19.5. The second-order valence-corrected chi connectivity index (χ2v) is 9.66. The number of nitrogens with zero attached hydrogens (tertiary/aromatic N) is 2. The lowest BCUT2D eigenvalue weighted by Gasteiger charge is -2.25. The molecule has 5 nitrogen and oxygen atoms in total. The van der Waals surface area contributed by atoms with Gasteiger partial charge in [-0.3, -0.25) is 9.59 Å². The maximum atomic E-state index is 14.9. The molecule has 2 heterocycles. The number of halogens is 2. The predicted molar refractivity (Wildman–Crippen MR) is 128 cm³/mol. The zero-order chi connectivity index (χ0) is 24.0. The van der Waals surface area contributed by atoms with Crippen molar-refractivity contribution in [2.24, 2.45) is 5.92 Å². The minimum absolute atomic E-state index is 0.0624. The smallest absolute Gasteiger partial charge is 0.261 e. The van der Waals surface area contributed by atoms with Crippen LogP contribution in [0.25, 0.3) is 10.8 Å². The maximum Gasteiger partial charge on any atom is 0.261 e. The maximum absolute atomic E-state index is 14.9. The zero-order valence-electron chi connectivity index (χ0n) is 19.5. The van der Waals surface area contributed by atoms with E-state index in [2.05, 4.69) is 10.2 Å². The SMILES string of the molecule is Cc1c(C(=O)NC(c2cccc(F)c2)C2CC2)c2cccc(F)c2c(=O)n1CC1CCCN1C. The molecule has 0 bridgehead atoms. The molecule has 1 saturated heterocycles. The third kappa shape index (κ3) is 4.13. The molecule has 1 aromatic heterocycles. The molecule has 0 spiro atoms. The Kier molecular flexibility index (Phi) is 5.98. The molecule has 34 heavy (non-hydrogen) atoms. The molecule has 3 aromatic rings. The van der Waals surface area contributed by atoms with Gasteiger partial charge in [-0.2, -0.15) is 0 Å². The Labute approximate surface area is 197 Å². The minimum atomic E-state index is -0.631. The van der Waals surface area contributed by atoms with Gasteiger partial charge in [-0.15, -0.1) is 0 Å².